The van der Waals surface area contributed by atoms with Gasteiger partial charge in [0.2, 0.25) is 0 Å². The van der Waals surface area contributed by atoms with E-state index in [1.165, 1.54) is 6.07 Å². The van der Waals surface area contributed by atoms with Gasteiger partial charge in [-0.1, -0.05) is 42.5 Å². The summed E-state index contributed by atoms with van der Waals surface area (Å²) in [6.45, 7) is 0. The number of aromatic nitrogens is 1. The Labute approximate surface area is 132 Å². The van der Waals surface area contributed by atoms with E-state index in [4.69, 9.17) is 9.52 Å². The number of rotatable bonds is 5. The van der Waals surface area contributed by atoms with E-state index in [9.17, 15) is 9.18 Å². The molecular formula is C18H14FNO3. The molecule has 5 heteroatoms. The maximum absolute atomic E-state index is 14.1. The number of benzene rings is 2. The summed E-state index contributed by atoms with van der Waals surface area (Å²) in [5.74, 6) is -0.611. The molecular weight excluding hydrogens is 297 g/mol. The molecule has 4 nitrogen and oxygen atoms in total. The quantitative estimate of drug-likeness (QED) is 0.768. The van der Waals surface area contributed by atoms with Crippen molar-refractivity contribution in [3.8, 4) is 22.6 Å². The van der Waals surface area contributed by atoms with Crippen LogP contribution < -0.4 is 0 Å². The molecule has 0 bridgehead atoms. The largest absolute Gasteiger partial charge is 0.481 e. The van der Waals surface area contributed by atoms with Crippen molar-refractivity contribution in [1.82, 2.24) is 4.98 Å². The number of carbonyl (C=O) groups is 1. The van der Waals surface area contributed by atoms with Gasteiger partial charge in [0.1, 0.15) is 11.5 Å². The second kappa shape index (κ2) is 6.44. The van der Waals surface area contributed by atoms with Crippen molar-refractivity contribution < 1.29 is 18.7 Å². The highest BCUT2D eigenvalue weighted by Crippen LogP contribution is 2.34. The first kappa shape index (κ1) is 15.0. The number of aliphatic carboxylic acids is 1. The standard InChI is InChI=1S/C18H14FNO3/c19-14-9-5-4-8-13(14)17-18(12-6-2-1-3-7-12)23-15(20-17)10-11-16(21)22/h1-9H,10-11H2,(H,21,22). The number of oxazole rings is 1. The number of halogens is 1. The molecule has 0 saturated heterocycles. The summed E-state index contributed by atoms with van der Waals surface area (Å²) in [7, 11) is 0. The topological polar surface area (TPSA) is 63.3 Å². The van der Waals surface area contributed by atoms with E-state index in [2.05, 4.69) is 4.98 Å². The maximum atomic E-state index is 14.1. The van der Waals surface area contributed by atoms with Crippen LogP contribution in [-0.2, 0) is 11.2 Å². The Kier molecular flexibility index (Phi) is 4.19. The van der Waals surface area contributed by atoms with E-state index in [1.54, 1.807) is 18.2 Å². The van der Waals surface area contributed by atoms with Crippen molar-refractivity contribution in [3.63, 3.8) is 0 Å². The van der Waals surface area contributed by atoms with Crippen LogP contribution >= 0.6 is 0 Å². The fourth-order valence-electron chi connectivity index (χ4n) is 2.31. The number of hydrogen-bond acceptors (Lipinski definition) is 3. The zero-order chi connectivity index (χ0) is 16.2. The summed E-state index contributed by atoms with van der Waals surface area (Å²) in [5.41, 5.74) is 1.48. The van der Waals surface area contributed by atoms with Crippen LogP contribution in [0, 0.1) is 5.82 Å². The van der Waals surface area contributed by atoms with Gasteiger partial charge in [0.25, 0.3) is 0 Å². The maximum Gasteiger partial charge on any atom is 0.303 e. The lowest BCUT2D eigenvalue weighted by Gasteiger charge is -2.02. The monoisotopic (exact) mass is 311 g/mol. The third-order valence-electron chi connectivity index (χ3n) is 3.39. The van der Waals surface area contributed by atoms with Crippen LogP contribution in [0.1, 0.15) is 12.3 Å². The number of nitrogens with zero attached hydrogens (tertiary/aromatic N) is 1. The smallest absolute Gasteiger partial charge is 0.303 e. The van der Waals surface area contributed by atoms with Crippen molar-refractivity contribution in [1.29, 1.82) is 0 Å². The molecule has 0 fully saturated rings. The third kappa shape index (κ3) is 3.29. The normalized spacial score (nSPS) is 10.7. The molecule has 1 aromatic heterocycles. The second-order valence-corrected chi connectivity index (χ2v) is 5.02. The van der Waals surface area contributed by atoms with Crippen molar-refractivity contribution in [2.75, 3.05) is 0 Å². The Hall–Kier alpha value is -2.95. The molecule has 3 aromatic rings. The summed E-state index contributed by atoms with van der Waals surface area (Å²) >= 11 is 0. The van der Waals surface area contributed by atoms with Crippen molar-refractivity contribution >= 4 is 5.97 Å². The first-order chi connectivity index (χ1) is 11.1. The van der Waals surface area contributed by atoms with Crippen LogP contribution in [-0.4, -0.2) is 16.1 Å². The van der Waals surface area contributed by atoms with Gasteiger partial charge in [0.05, 0.1) is 6.42 Å². The fourth-order valence-corrected chi connectivity index (χ4v) is 2.31. The lowest BCUT2D eigenvalue weighted by atomic mass is 10.1. The van der Waals surface area contributed by atoms with Gasteiger partial charge in [-0.15, -0.1) is 0 Å². The lowest BCUT2D eigenvalue weighted by Crippen LogP contribution is -1.97. The van der Waals surface area contributed by atoms with Crippen LogP contribution in [0.15, 0.2) is 59.0 Å². The molecule has 1 N–H and O–H groups in total. The Balaban J connectivity index is 2.09. The highest BCUT2D eigenvalue weighted by atomic mass is 19.1. The van der Waals surface area contributed by atoms with E-state index in [0.29, 0.717) is 17.0 Å². The van der Waals surface area contributed by atoms with E-state index in [1.807, 2.05) is 30.3 Å². The van der Waals surface area contributed by atoms with Gasteiger partial charge in [-0.25, -0.2) is 9.37 Å². The molecule has 1 heterocycles. The van der Waals surface area contributed by atoms with E-state index < -0.39 is 11.8 Å². The molecule has 0 aliphatic heterocycles. The van der Waals surface area contributed by atoms with E-state index in [0.717, 1.165) is 5.56 Å². The van der Waals surface area contributed by atoms with Crippen molar-refractivity contribution in [2.24, 2.45) is 0 Å². The van der Waals surface area contributed by atoms with Crippen LogP contribution in [0.3, 0.4) is 0 Å². The molecule has 0 saturated carbocycles. The van der Waals surface area contributed by atoms with Gasteiger partial charge in [0, 0.05) is 17.5 Å². The minimum Gasteiger partial charge on any atom is -0.481 e. The van der Waals surface area contributed by atoms with Crippen molar-refractivity contribution in [2.45, 2.75) is 12.8 Å². The van der Waals surface area contributed by atoms with Crippen LogP contribution in [0.4, 0.5) is 4.39 Å². The fraction of sp³-hybridized carbons (Fsp3) is 0.111. The van der Waals surface area contributed by atoms with E-state index >= 15 is 0 Å². The SMILES string of the molecule is O=C(O)CCc1nc(-c2ccccc2F)c(-c2ccccc2)o1. The minimum atomic E-state index is -0.933. The molecule has 0 amide bonds. The lowest BCUT2D eigenvalue weighted by molar-refractivity contribution is -0.137. The molecule has 2 aromatic carbocycles. The Bertz CT molecular complexity index is 827. The summed E-state index contributed by atoms with van der Waals surface area (Å²) in [4.78, 5) is 15.0. The molecule has 3 rings (SSSR count). The molecule has 0 spiro atoms. The van der Waals surface area contributed by atoms with Crippen LogP contribution in [0.2, 0.25) is 0 Å². The van der Waals surface area contributed by atoms with E-state index in [-0.39, 0.29) is 18.7 Å². The third-order valence-corrected chi connectivity index (χ3v) is 3.39. The molecule has 0 aliphatic rings. The Morgan fingerprint density at radius 2 is 1.78 bits per heavy atom. The number of hydrogen-bond donors (Lipinski definition) is 1. The van der Waals surface area contributed by atoms with Gasteiger partial charge in [-0.2, -0.15) is 0 Å². The molecule has 0 unspecified atom stereocenters. The van der Waals surface area contributed by atoms with Gasteiger partial charge in [-0.05, 0) is 12.1 Å². The van der Waals surface area contributed by atoms with Gasteiger partial charge < -0.3 is 9.52 Å². The molecule has 0 aliphatic carbocycles. The van der Waals surface area contributed by atoms with Crippen LogP contribution in [0.5, 0.6) is 0 Å². The summed E-state index contributed by atoms with van der Waals surface area (Å²) in [5, 5.41) is 8.80. The summed E-state index contributed by atoms with van der Waals surface area (Å²) in [6, 6.07) is 15.5. The second-order valence-electron chi connectivity index (χ2n) is 5.02. The Morgan fingerprint density at radius 3 is 2.48 bits per heavy atom. The Morgan fingerprint density at radius 1 is 1.09 bits per heavy atom. The number of carboxylic acids is 1. The number of carboxylic acid groups (broad SMARTS) is 1. The molecule has 23 heavy (non-hydrogen) atoms. The molecule has 116 valence electrons. The molecule has 0 atom stereocenters. The van der Waals surface area contributed by atoms with Gasteiger partial charge >= 0.3 is 5.97 Å². The predicted octanol–water partition coefficient (Wildman–Crippen LogP) is 4.16. The summed E-state index contributed by atoms with van der Waals surface area (Å²) < 4.78 is 19.8. The summed E-state index contributed by atoms with van der Waals surface area (Å²) in [6.07, 6.45) is 0.0646. The first-order valence-corrected chi connectivity index (χ1v) is 7.17. The van der Waals surface area contributed by atoms with Crippen molar-refractivity contribution in [3.05, 3.63) is 66.3 Å². The highest BCUT2D eigenvalue weighted by molar-refractivity contribution is 5.77. The minimum absolute atomic E-state index is 0.0918. The molecule has 0 radical (unpaired) electrons. The van der Waals surface area contributed by atoms with Gasteiger partial charge in [-0.3, -0.25) is 4.79 Å². The highest BCUT2D eigenvalue weighted by Gasteiger charge is 2.19. The first-order valence-electron chi connectivity index (χ1n) is 7.17. The van der Waals surface area contributed by atoms with Gasteiger partial charge in [0.15, 0.2) is 11.7 Å². The predicted molar refractivity (Wildman–Crippen MR) is 83.3 cm³/mol. The average Bonchev–Trinajstić information content (AvgIpc) is 2.98. The average molecular weight is 311 g/mol. The zero-order valence-electron chi connectivity index (χ0n) is 12.2. The zero-order valence-corrected chi connectivity index (χ0v) is 12.2. The number of aryl methyl sites for hydroxylation is 1. The van der Waals surface area contributed by atoms with Crippen LogP contribution in [0.25, 0.3) is 22.6 Å².